The van der Waals surface area contributed by atoms with Gasteiger partial charge in [-0.2, -0.15) is 0 Å². The zero-order chi connectivity index (χ0) is 21.8. The van der Waals surface area contributed by atoms with Crippen LogP contribution in [0, 0.1) is 5.82 Å². The lowest BCUT2D eigenvalue weighted by Gasteiger charge is -2.15. The molecule has 0 fully saturated rings. The molecule has 4 nitrogen and oxygen atoms in total. The number of phenolic OH excluding ortho intramolecular Hbond substituents is 1. The Morgan fingerprint density at radius 3 is 2.27 bits per heavy atom. The van der Waals surface area contributed by atoms with Crippen LogP contribution in [0.3, 0.4) is 0 Å². The topological polar surface area (TPSA) is 50.7 Å². The van der Waals surface area contributed by atoms with Gasteiger partial charge in [0.2, 0.25) is 0 Å². The average Bonchev–Trinajstić information content (AvgIpc) is 2.70. The quantitative estimate of drug-likeness (QED) is 0.340. The van der Waals surface area contributed by atoms with Gasteiger partial charge in [0.1, 0.15) is 12.4 Å². The minimum absolute atomic E-state index is 0.0945. The largest absolute Gasteiger partial charge is 0.505 e. The van der Waals surface area contributed by atoms with Crippen molar-refractivity contribution >= 4 is 52.1 Å². The number of methoxy groups -OCH3 is 1. The SMILES string of the molecule is COc1cc(CNc2cc(Cl)c(O)c(Cl)c2)cc(Cl)c1OCc1ccc(F)cc1Cl. The van der Waals surface area contributed by atoms with Crippen molar-refractivity contribution < 1.29 is 19.0 Å². The van der Waals surface area contributed by atoms with Crippen LogP contribution in [-0.2, 0) is 13.2 Å². The number of hydrogen-bond acceptors (Lipinski definition) is 4. The summed E-state index contributed by atoms with van der Waals surface area (Å²) in [6.45, 7) is 0.481. The fourth-order valence-corrected chi connectivity index (χ4v) is 3.67. The van der Waals surface area contributed by atoms with Gasteiger partial charge in [-0.15, -0.1) is 0 Å². The third kappa shape index (κ3) is 5.35. The summed E-state index contributed by atoms with van der Waals surface area (Å²) in [7, 11) is 1.50. The van der Waals surface area contributed by atoms with Gasteiger partial charge in [-0.05, 0) is 42.0 Å². The van der Waals surface area contributed by atoms with E-state index in [2.05, 4.69) is 5.32 Å². The second kappa shape index (κ2) is 9.84. The first-order chi connectivity index (χ1) is 14.3. The van der Waals surface area contributed by atoms with E-state index in [-0.39, 0.29) is 27.4 Å². The lowest BCUT2D eigenvalue weighted by molar-refractivity contribution is 0.284. The number of phenols is 1. The highest BCUT2D eigenvalue weighted by atomic mass is 35.5. The molecule has 0 radical (unpaired) electrons. The Balaban J connectivity index is 1.75. The van der Waals surface area contributed by atoms with Crippen molar-refractivity contribution in [3.63, 3.8) is 0 Å². The molecule has 0 heterocycles. The maximum absolute atomic E-state index is 13.2. The first-order valence-electron chi connectivity index (χ1n) is 8.63. The molecule has 30 heavy (non-hydrogen) atoms. The van der Waals surface area contributed by atoms with Crippen molar-refractivity contribution in [1.29, 1.82) is 0 Å². The number of benzene rings is 3. The molecule has 0 saturated heterocycles. The predicted molar refractivity (Wildman–Crippen MR) is 119 cm³/mol. The van der Waals surface area contributed by atoms with Gasteiger partial charge in [0.15, 0.2) is 17.2 Å². The molecule has 0 amide bonds. The summed E-state index contributed by atoms with van der Waals surface area (Å²) in [4.78, 5) is 0. The number of aromatic hydroxyl groups is 1. The van der Waals surface area contributed by atoms with Crippen LogP contribution >= 0.6 is 46.4 Å². The molecule has 3 aromatic rings. The summed E-state index contributed by atoms with van der Waals surface area (Å²) in [5.74, 6) is 0.183. The van der Waals surface area contributed by atoms with E-state index in [0.29, 0.717) is 34.3 Å². The van der Waals surface area contributed by atoms with E-state index >= 15 is 0 Å². The Bertz CT molecular complexity index is 1060. The van der Waals surface area contributed by atoms with Crippen molar-refractivity contribution in [3.8, 4) is 17.2 Å². The molecule has 0 atom stereocenters. The zero-order valence-corrected chi connectivity index (χ0v) is 18.6. The molecule has 0 saturated carbocycles. The van der Waals surface area contributed by atoms with Crippen LogP contribution in [0.1, 0.15) is 11.1 Å². The summed E-state index contributed by atoms with van der Waals surface area (Å²) in [5.41, 5.74) is 2.05. The van der Waals surface area contributed by atoms with Crippen molar-refractivity contribution in [2.75, 3.05) is 12.4 Å². The molecule has 0 spiro atoms. The molecule has 158 valence electrons. The van der Waals surface area contributed by atoms with Crippen LogP contribution in [0.2, 0.25) is 20.1 Å². The van der Waals surface area contributed by atoms with Crippen LogP contribution < -0.4 is 14.8 Å². The molecule has 0 aliphatic rings. The van der Waals surface area contributed by atoms with Crippen molar-refractivity contribution in [3.05, 3.63) is 79.5 Å². The predicted octanol–water partition coefficient (Wildman–Crippen LogP) is 7.34. The third-order valence-electron chi connectivity index (χ3n) is 4.19. The fraction of sp³-hybridized carbons (Fsp3) is 0.143. The van der Waals surface area contributed by atoms with Gasteiger partial charge in [0.05, 0.1) is 27.2 Å². The van der Waals surface area contributed by atoms with Crippen LogP contribution in [0.4, 0.5) is 10.1 Å². The molecule has 0 unspecified atom stereocenters. The van der Waals surface area contributed by atoms with E-state index in [1.54, 1.807) is 30.3 Å². The van der Waals surface area contributed by atoms with E-state index in [9.17, 15) is 9.50 Å². The zero-order valence-electron chi connectivity index (χ0n) is 15.6. The van der Waals surface area contributed by atoms with E-state index in [0.717, 1.165) is 5.56 Å². The standard InChI is InChI=1S/C21H16Cl4FNO3/c1-29-19-5-11(9-27-14-7-16(23)20(28)17(24)8-14)4-18(25)21(19)30-10-12-2-3-13(26)6-15(12)22/h2-8,27-28H,9-10H2,1H3. The minimum atomic E-state index is -0.424. The first kappa shape index (κ1) is 22.6. The molecule has 3 aromatic carbocycles. The smallest absolute Gasteiger partial charge is 0.180 e. The Hall–Kier alpha value is -2.05. The van der Waals surface area contributed by atoms with E-state index in [4.69, 9.17) is 55.9 Å². The Labute approximate surface area is 193 Å². The first-order valence-corrected chi connectivity index (χ1v) is 10.1. The lowest BCUT2D eigenvalue weighted by Crippen LogP contribution is -2.03. The van der Waals surface area contributed by atoms with Crippen molar-refractivity contribution in [1.82, 2.24) is 0 Å². The average molecular weight is 491 g/mol. The maximum Gasteiger partial charge on any atom is 0.180 e. The molecule has 0 aliphatic heterocycles. The van der Waals surface area contributed by atoms with Gasteiger partial charge in [0, 0.05) is 17.8 Å². The number of rotatable bonds is 7. The van der Waals surface area contributed by atoms with Crippen LogP contribution in [0.5, 0.6) is 17.2 Å². The van der Waals surface area contributed by atoms with E-state index in [1.165, 1.54) is 19.2 Å². The number of hydrogen-bond donors (Lipinski definition) is 2. The minimum Gasteiger partial charge on any atom is -0.505 e. The summed E-state index contributed by atoms with van der Waals surface area (Å²) in [5, 5.41) is 13.7. The van der Waals surface area contributed by atoms with Gasteiger partial charge in [-0.3, -0.25) is 0 Å². The highest BCUT2D eigenvalue weighted by molar-refractivity contribution is 6.37. The monoisotopic (exact) mass is 489 g/mol. The normalized spacial score (nSPS) is 10.7. The molecular formula is C21H16Cl4FNO3. The van der Waals surface area contributed by atoms with Gasteiger partial charge in [0.25, 0.3) is 0 Å². The van der Waals surface area contributed by atoms with Crippen LogP contribution in [-0.4, -0.2) is 12.2 Å². The van der Waals surface area contributed by atoms with Gasteiger partial charge in [-0.1, -0.05) is 52.5 Å². The Morgan fingerprint density at radius 1 is 0.933 bits per heavy atom. The molecule has 0 bridgehead atoms. The van der Waals surface area contributed by atoms with Gasteiger partial charge < -0.3 is 19.9 Å². The highest BCUT2D eigenvalue weighted by Gasteiger charge is 2.14. The molecular weight excluding hydrogens is 475 g/mol. The Morgan fingerprint density at radius 2 is 1.63 bits per heavy atom. The molecule has 9 heteroatoms. The number of nitrogens with one attached hydrogen (secondary N) is 1. The van der Waals surface area contributed by atoms with Crippen LogP contribution in [0.25, 0.3) is 0 Å². The van der Waals surface area contributed by atoms with Crippen molar-refractivity contribution in [2.45, 2.75) is 13.2 Å². The van der Waals surface area contributed by atoms with Gasteiger partial charge in [-0.25, -0.2) is 4.39 Å². The number of ether oxygens (including phenoxy) is 2. The number of anilines is 1. The summed E-state index contributed by atoms with van der Waals surface area (Å²) >= 11 is 24.3. The van der Waals surface area contributed by atoms with E-state index in [1.807, 2.05) is 0 Å². The second-order valence-electron chi connectivity index (χ2n) is 6.28. The van der Waals surface area contributed by atoms with Crippen LogP contribution in [0.15, 0.2) is 42.5 Å². The van der Waals surface area contributed by atoms with Crippen molar-refractivity contribution in [2.24, 2.45) is 0 Å². The van der Waals surface area contributed by atoms with E-state index < -0.39 is 5.82 Å². The molecule has 0 aromatic heterocycles. The molecule has 3 rings (SSSR count). The van der Waals surface area contributed by atoms with Gasteiger partial charge >= 0.3 is 0 Å². The Kier molecular flexibility index (Phi) is 7.42. The fourth-order valence-electron chi connectivity index (χ4n) is 2.68. The molecule has 2 N–H and O–H groups in total. The summed E-state index contributed by atoms with van der Waals surface area (Å²) in [6.07, 6.45) is 0. The lowest BCUT2D eigenvalue weighted by atomic mass is 10.2. The summed E-state index contributed by atoms with van der Waals surface area (Å²) < 4.78 is 24.4. The highest BCUT2D eigenvalue weighted by Crippen LogP contribution is 2.38. The second-order valence-corrected chi connectivity index (χ2v) is 7.90. The maximum atomic E-state index is 13.2. The molecule has 0 aliphatic carbocycles. The number of halogens is 5. The summed E-state index contributed by atoms with van der Waals surface area (Å²) in [6, 6.07) is 10.7. The third-order valence-corrected chi connectivity index (χ3v) is 5.40.